The number of benzene rings is 1. The Labute approximate surface area is 129 Å². The molecule has 0 aliphatic rings. The van der Waals surface area contributed by atoms with Gasteiger partial charge in [0.2, 0.25) is 0 Å². The molecule has 0 saturated heterocycles. The third kappa shape index (κ3) is 6.49. The van der Waals surface area contributed by atoms with Gasteiger partial charge in [-0.15, -0.1) is 0 Å². The molecule has 0 heterocycles. The van der Waals surface area contributed by atoms with Crippen LogP contribution in [0.3, 0.4) is 0 Å². The largest absolute Gasteiger partial charge is 0.459 e. The Morgan fingerprint density at radius 3 is 2.67 bits per heavy atom. The van der Waals surface area contributed by atoms with E-state index in [0.29, 0.717) is 23.6 Å². The summed E-state index contributed by atoms with van der Waals surface area (Å²) in [6.45, 7) is 5.64. The molecular weight excluding hydrogens is 294 g/mol. The van der Waals surface area contributed by atoms with Gasteiger partial charge in [0.25, 0.3) is 0 Å². The summed E-state index contributed by atoms with van der Waals surface area (Å²) >= 11 is 5.83. The maximum absolute atomic E-state index is 11.9. The molecule has 6 heteroatoms. The number of esters is 1. The van der Waals surface area contributed by atoms with Gasteiger partial charge < -0.3 is 14.8 Å². The Morgan fingerprint density at radius 1 is 1.33 bits per heavy atom. The molecule has 0 aliphatic heterocycles. The molecule has 5 nitrogen and oxygen atoms in total. The van der Waals surface area contributed by atoms with Crippen LogP contribution < -0.4 is 5.32 Å². The van der Waals surface area contributed by atoms with Crippen LogP contribution in [0.1, 0.15) is 37.6 Å². The molecule has 0 radical (unpaired) electrons. The molecule has 0 spiro atoms. The predicted octanol–water partition coefficient (Wildman–Crippen LogP) is 3.41. The van der Waals surface area contributed by atoms with E-state index in [2.05, 4.69) is 5.32 Å². The van der Waals surface area contributed by atoms with E-state index in [1.807, 2.05) is 6.92 Å². The van der Waals surface area contributed by atoms with Gasteiger partial charge in [-0.25, -0.2) is 9.59 Å². The SMILES string of the molecule is CCOC(=O)NC(C)CC(C)OC(=O)c1cccc(Cl)c1. The Bertz CT molecular complexity index is 492. The van der Waals surface area contributed by atoms with Crippen LogP contribution in [0.2, 0.25) is 5.02 Å². The van der Waals surface area contributed by atoms with Crippen LogP contribution in [-0.2, 0) is 9.47 Å². The number of hydrogen-bond acceptors (Lipinski definition) is 4. The Morgan fingerprint density at radius 2 is 2.05 bits per heavy atom. The Balaban J connectivity index is 2.44. The van der Waals surface area contributed by atoms with Crippen LogP contribution in [0.5, 0.6) is 0 Å². The number of rotatable bonds is 6. The van der Waals surface area contributed by atoms with Crippen LogP contribution in [0.4, 0.5) is 4.79 Å². The van der Waals surface area contributed by atoms with Gasteiger partial charge in [-0.05, 0) is 39.0 Å². The van der Waals surface area contributed by atoms with E-state index in [4.69, 9.17) is 21.1 Å². The molecule has 1 aromatic carbocycles. The number of amides is 1. The van der Waals surface area contributed by atoms with Crippen molar-refractivity contribution in [1.82, 2.24) is 5.32 Å². The molecule has 0 aromatic heterocycles. The van der Waals surface area contributed by atoms with Crippen molar-refractivity contribution in [3.8, 4) is 0 Å². The molecule has 1 rings (SSSR count). The van der Waals surface area contributed by atoms with E-state index in [9.17, 15) is 9.59 Å². The minimum atomic E-state index is -0.474. The molecule has 116 valence electrons. The quantitative estimate of drug-likeness (QED) is 0.817. The summed E-state index contributed by atoms with van der Waals surface area (Å²) in [7, 11) is 0. The minimum Gasteiger partial charge on any atom is -0.459 e. The van der Waals surface area contributed by atoms with Crippen molar-refractivity contribution in [2.45, 2.75) is 39.3 Å². The highest BCUT2D eigenvalue weighted by molar-refractivity contribution is 6.30. The topological polar surface area (TPSA) is 64.6 Å². The second kappa shape index (κ2) is 8.52. The minimum absolute atomic E-state index is 0.161. The second-order valence-corrected chi connectivity index (χ2v) is 5.16. The van der Waals surface area contributed by atoms with Gasteiger partial charge >= 0.3 is 12.1 Å². The number of nitrogens with one attached hydrogen (secondary N) is 1. The van der Waals surface area contributed by atoms with Crippen molar-refractivity contribution in [3.63, 3.8) is 0 Å². The Kier molecular flexibility index (Phi) is 7.02. The van der Waals surface area contributed by atoms with Crippen molar-refractivity contribution in [3.05, 3.63) is 34.9 Å². The molecule has 1 aromatic rings. The first-order chi connectivity index (χ1) is 9.92. The standard InChI is InChI=1S/C15H20ClNO4/c1-4-20-15(19)17-10(2)8-11(3)21-14(18)12-6-5-7-13(16)9-12/h5-7,9-11H,4,8H2,1-3H3,(H,17,19). The van der Waals surface area contributed by atoms with Crippen molar-refractivity contribution < 1.29 is 19.1 Å². The first-order valence-corrected chi connectivity index (χ1v) is 7.20. The molecular formula is C15H20ClNO4. The molecule has 21 heavy (non-hydrogen) atoms. The van der Waals surface area contributed by atoms with Gasteiger partial charge in [0.05, 0.1) is 12.2 Å². The molecule has 0 saturated carbocycles. The van der Waals surface area contributed by atoms with Crippen molar-refractivity contribution in [2.24, 2.45) is 0 Å². The number of carbonyl (C=O) groups is 2. The lowest BCUT2D eigenvalue weighted by Crippen LogP contribution is -2.36. The predicted molar refractivity (Wildman–Crippen MR) is 80.6 cm³/mol. The molecule has 2 atom stereocenters. The highest BCUT2D eigenvalue weighted by Crippen LogP contribution is 2.13. The highest BCUT2D eigenvalue weighted by atomic mass is 35.5. The molecule has 0 fully saturated rings. The van der Waals surface area contributed by atoms with Gasteiger partial charge in [-0.1, -0.05) is 17.7 Å². The van der Waals surface area contributed by atoms with E-state index in [1.54, 1.807) is 38.1 Å². The van der Waals surface area contributed by atoms with Crippen LogP contribution in [0, 0.1) is 0 Å². The third-order valence-corrected chi connectivity index (χ3v) is 2.93. The van der Waals surface area contributed by atoms with Crippen molar-refractivity contribution in [2.75, 3.05) is 6.61 Å². The summed E-state index contributed by atoms with van der Waals surface area (Å²) in [6.07, 6.45) is -0.322. The summed E-state index contributed by atoms with van der Waals surface area (Å²) in [5, 5.41) is 3.14. The van der Waals surface area contributed by atoms with E-state index in [0.717, 1.165) is 0 Å². The first-order valence-electron chi connectivity index (χ1n) is 6.82. The average molecular weight is 314 g/mol. The normalized spacial score (nSPS) is 13.1. The van der Waals surface area contributed by atoms with Gasteiger partial charge in [0, 0.05) is 17.5 Å². The van der Waals surface area contributed by atoms with Crippen molar-refractivity contribution in [1.29, 1.82) is 0 Å². The summed E-state index contributed by atoms with van der Waals surface area (Å²) in [5.41, 5.74) is 0.403. The number of halogens is 1. The second-order valence-electron chi connectivity index (χ2n) is 4.73. The number of alkyl carbamates (subject to hydrolysis) is 1. The van der Waals surface area contributed by atoms with E-state index in [1.165, 1.54) is 0 Å². The van der Waals surface area contributed by atoms with Gasteiger partial charge in [-0.3, -0.25) is 0 Å². The summed E-state index contributed by atoms with van der Waals surface area (Å²) in [4.78, 5) is 23.2. The molecule has 1 N–H and O–H groups in total. The van der Waals surface area contributed by atoms with Crippen LogP contribution >= 0.6 is 11.6 Å². The average Bonchev–Trinajstić information content (AvgIpc) is 2.38. The zero-order valence-corrected chi connectivity index (χ0v) is 13.1. The number of ether oxygens (including phenoxy) is 2. The maximum Gasteiger partial charge on any atom is 0.407 e. The maximum atomic E-state index is 11.9. The van der Waals surface area contributed by atoms with Gasteiger partial charge in [0.15, 0.2) is 0 Å². The van der Waals surface area contributed by atoms with E-state index in [-0.39, 0.29) is 12.1 Å². The first kappa shape index (κ1) is 17.3. The van der Waals surface area contributed by atoms with Gasteiger partial charge in [-0.2, -0.15) is 0 Å². The summed E-state index contributed by atoms with van der Waals surface area (Å²) in [5.74, 6) is -0.437. The fraction of sp³-hybridized carbons (Fsp3) is 0.467. The van der Waals surface area contributed by atoms with Crippen LogP contribution in [0.25, 0.3) is 0 Å². The molecule has 0 bridgehead atoms. The van der Waals surface area contributed by atoms with Gasteiger partial charge in [0.1, 0.15) is 6.10 Å². The third-order valence-electron chi connectivity index (χ3n) is 2.69. The van der Waals surface area contributed by atoms with E-state index >= 15 is 0 Å². The molecule has 2 unspecified atom stereocenters. The van der Waals surface area contributed by atoms with E-state index < -0.39 is 12.1 Å². The molecule has 0 aliphatic carbocycles. The van der Waals surface area contributed by atoms with Crippen LogP contribution in [0.15, 0.2) is 24.3 Å². The monoisotopic (exact) mass is 313 g/mol. The smallest absolute Gasteiger partial charge is 0.407 e. The zero-order valence-electron chi connectivity index (χ0n) is 12.4. The lowest BCUT2D eigenvalue weighted by molar-refractivity contribution is 0.0307. The van der Waals surface area contributed by atoms with Crippen LogP contribution in [-0.4, -0.2) is 30.8 Å². The summed E-state index contributed by atoms with van der Waals surface area (Å²) < 4.78 is 10.1. The number of hydrogen-bond donors (Lipinski definition) is 1. The number of carbonyl (C=O) groups excluding carboxylic acids is 2. The lowest BCUT2D eigenvalue weighted by Gasteiger charge is -2.19. The fourth-order valence-corrected chi connectivity index (χ4v) is 2.04. The molecule has 1 amide bonds. The highest BCUT2D eigenvalue weighted by Gasteiger charge is 2.16. The summed E-state index contributed by atoms with van der Waals surface area (Å²) in [6, 6.07) is 6.41. The fourth-order valence-electron chi connectivity index (χ4n) is 1.85. The lowest BCUT2D eigenvalue weighted by atomic mass is 10.1. The van der Waals surface area contributed by atoms with Crippen molar-refractivity contribution >= 4 is 23.7 Å². The Hall–Kier alpha value is -1.75. The zero-order chi connectivity index (χ0) is 15.8.